The first kappa shape index (κ1) is 15.2. The highest BCUT2D eigenvalue weighted by atomic mass is 19.2. The summed E-state index contributed by atoms with van der Waals surface area (Å²) in [5, 5.41) is 10.9. The molecule has 126 valence electrons. The Labute approximate surface area is 138 Å². The molecule has 5 nitrogen and oxygen atoms in total. The summed E-state index contributed by atoms with van der Waals surface area (Å²) in [6, 6.07) is 4.37. The van der Waals surface area contributed by atoms with Crippen molar-refractivity contribution in [2.75, 3.05) is 6.54 Å². The van der Waals surface area contributed by atoms with E-state index >= 15 is 0 Å². The third-order valence-electron chi connectivity index (χ3n) is 4.73. The van der Waals surface area contributed by atoms with Crippen LogP contribution in [-0.2, 0) is 11.2 Å². The first-order valence-corrected chi connectivity index (χ1v) is 8.24. The van der Waals surface area contributed by atoms with Gasteiger partial charge in [-0.3, -0.25) is 4.79 Å². The zero-order valence-electron chi connectivity index (χ0n) is 13.1. The number of hydrogen-bond donors (Lipinski definition) is 1. The van der Waals surface area contributed by atoms with Crippen molar-refractivity contribution in [2.45, 2.75) is 37.6 Å². The molecule has 1 amide bonds. The molecule has 0 bridgehead atoms. The minimum absolute atomic E-state index is 0.0183. The molecule has 2 atom stereocenters. The molecule has 24 heavy (non-hydrogen) atoms. The lowest BCUT2D eigenvalue weighted by Gasteiger charge is -2.07. The topological polar surface area (TPSA) is 59.8 Å². The molecule has 2 unspecified atom stereocenters. The number of benzene rings is 1. The van der Waals surface area contributed by atoms with Crippen molar-refractivity contribution in [1.82, 2.24) is 20.1 Å². The third kappa shape index (κ3) is 3.02. The van der Waals surface area contributed by atoms with E-state index in [0.29, 0.717) is 31.0 Å². The molecule has 2 saturated carbocycles. The van der Waals surface area contributed by atoms with E-state index in [1.54, 1.807) is 12.4 Å². The van der Waals surface area contributed by atoms with Crippen LogP contribution in [0.25, 0.3) is 0 Å². The summed E-state index contributed by atoms with van der Waals surface area (Å²) in [7, 11) is 0. The van der Waals surface area contributed by atoms with Gasteiger partial charge in [0.05, 0.1) is 0 Å². The second kappa shape index (κ2) is 5.96. The molecular formula is C17H18F2N4O. The molecule has 1 heterocycles. The van der Waals surface area contributed by atoms with Crippen LogP contribution in [0.5, 0.6) is 0 Å². The van der Waals surface area contributed by atoms with E-state index in [2.05, 4.69) is 20.1 Å². The fraction of sp³-hybridized carbons (Fsp3) is 0.471. The molecule has 0 spiro atoms. The van der Waals surface area contributed by atoms with Crippen molar-refractivity contribution in [2.24, 2.45) is 5.92 Å². The number of carbonyl (C=O) groups is 1. The number of rotatable bonds is 6. The molecule has 2 aliphatic carbocycles. The SMILES string of the molecule is O=C(NCCc1nncn1C1CC1)C1CC1c1ccc(F)c(F)c1. The molecule has 1 aromatic heterocycles. The Morgan fingerprint density at radius 2 is 2.12 bits per heavy atom. The van der Waals surface area contributed by atoms with Gasteiger partial charge in [-0.2, -0.15) is 0 Å². The predicted molar refractivity (Wildman–Crippen MR) is 82.2 cm³/mol. The van der Waals surface area contributed by atoms with Crippen LogP contribution in [0.2, 0.25) is 0 Å². The van der Waals surface area contributed by atoms with Crippen LogP contribution >= 0.6 is 0 Å². The van der Waals surface area contributed by atoms with E-state index in [0.717, 1.165) is 24.7 Å². The van der Waals surface area contributed by atoms with Crippen LogP contribution in [0.4, 0.5) is 8.78 Å². The van der Waals surface area contributed by atoms with Gasteiger partial charge >= 0.3 is 0 Å². The molecule has 2 fully saturated rings. The van der Waals surface area contributed by atoms with Gasteiger partial charge in [-0.1, -0.05) is 6.07 Å². The predicted octanol–water partition coefficient (Wildman–Crippen LogP) is 2.35. The van der Waals surface area contributed by atoms with Gasteiger partial charge in [0.15, 0.2) is 11.6 Å². The van der Waals surface area contributed by atoms with Crippen LogP contribution in [0.3, 0.4) is 0 Å². The van der Waals surface area contributed by atoms with Gasteiger partial charge in [0.1, 0.15) is 12.2 Å². The summed E-state index contributed by atoms with van der Waals surface area (Å²) in [6.07, 6.45) is 5.39. The van der Waals surface area contributed by atoms with Crippen molar-refractivity contribution in [3.63, 3.8) is 0 Å². The zero-order valence-corrected chi connectivity index (χ0v) is 13.1. The van der Waals surface area contributed by atoms with Crippen molar-refractivity contribution < 1.29 is 13.6 Å². The number of halogens is 2. The molecule has 7 heteroatoms. The smallest absolute Gasteiger partial charge is 0.223 e. The molecule has 2 aromatic rings. The lowest BCUT2D eigenvalue weighted by molar-refractivity contribution is -0.122. The number of carbonyl (C=O) groups excluding carboxylic acids is 1. The summed E-state index contributed by atoms with van der Waals surface area (Å²) in [5.41, 5.74) is 0.683. The summed E-state index contributed by atoms with van der Waals surface area (Å²) in [6.45, 7) is 0.505. The summed E-state index contributed by atoms with van der Waals surface area (Å²) in [5.74, 6) is -1.04. The fourth-order valence-corrected chi connectivity index (χ4v) is 3.13. The average Bonchev–Trinajstić information content (AvgIpc) is 3.49. The molecule has 1 N–H and O–H groups in total. The Morgan fingerprint density at radius 1 is 1.29 bits per heavy atom. The van der Waals surface area contributed by atoms with E-state index in [4.69, 9.17) is 0 Å². The Hall–Kier alpha value is -2.31. The van der Waals surface area contributed by atoms with Crippen LogP contribution in [-0.4, -0.2) is 27.2 Å². The highest BCUT2D eigenvalue weighted by Gasteiger charge is 2.44. The number of nitrogens with one attached hydrogen (secondary N) is 1. The maximum absolute atomic E-state index is 13.3. The van der Waals surface area contributed by atoms with Gasteiger partial charge in [-0.05, 0) is 42.9 Å². The van der Waals surface area contributed by atoms with Gasteiger partial charge in [0, 0.05) is 24.9 Å². The molecular weight excluding hydrogens is 314 g/mol. The Morgan fingerprint density at radius 3 is 2.88 bits per heavy atom. The summed E-state index contributed by atoms with van der Waals surface area (Å²) >= 11 is 0. The van der Waals surface area contributed by atoms with Gasteiger partial charge in [-0.25, -0.2) is 8.78 Å². The Kier molecular flexibility index (Phi) is 3.78. The van der Waals surface area contributed by atoms with Crippen molar-refractivity contribution in [1.29, 1.82) is 0 Å². The number of aromatic nitrogens is 3. The molecule has 4 rings (SSSR count). The second-order valence-electron chi connectivity index (χ2n) is 6.55. The fourth-order valence-electron chi connectivity index (χ4n) is 3.13. The maximum atomic E-state index is 13.3. The Balaban J connectivity index is 1.28. The average molecular weight is 332 g/mol. The van der Waals surface area contributed by atoms with E-state index in [1.165, 1.54) is 6.07 Å². The monoisotopic (exact) mass is 332 g/mol. The summed E-state index contributed by atoms with van der Waals surface area (Å²) in [4.78, 5) is 12.2. The third-order valence-corrected chi connectivity index (χ3v) is 4.73. The van der Waals surface area contributed by atoms with Crippen LogP contribution in [0.15, 0.2) is 24.5 Å². The van der Waals surface area contributed by atoms with E-state index < -0.39 is 11.6 Å². The molecule has 2 aliphatic rings. The van der Waals surface area contributed by atoms with Crippen molar-refractivity contribution in [3.05, 3.63) is 47.5 Å². The van der Waals surface area contributed by atoms with Crippen molar-refractivity contribution >= 4 is 5.91 Å². The zero-order chi connectivity index (χ0) is 16.7. The molecule has 0 radical (unpaired) electrons. The highest BCUT2D eigenvalue weighted by molar-refractivity contribution is 5.82. The van der Waals surface area contributed by atoms with Crippen LogP contribution in [0.1, 0.15) is 42.6 Å². The summed E-state index contributed by atoms with van der Waals surface area (Å²) < 4.78 is 28.3. The number of amides is 1. The minimum Gasteiger partial charge on any atom is -0.355 e. The minimum atomic E-state index is -0.863. The van der Waals surface area contributed by atoms with Crippen LogP contribution < -0.4 is 5.32 Å². The largest absolute Gasteiger partial charge is 0.355 e. The van der Waals surface area contributed by atoms with Gasteiger partial charge in [-0.15, -0.1) is 10.2 Å². The number of hydrogen-bond acceptors (Lipinski definition) is 3. The first-order valence-electron chi connectivity index (χ1n) is 8.24. The van der Waals surface area contributed by atoms with Gasteiger partial charge in [0.2, 0.25) is 5.91 Å². The van der Waals surface area contributed by atoms with Gasteiger partial charge in [0.25, 0.3) is 0 Å². The van der Waals surface area contributed by atoms with E-state index in [9.17, 15) is 13.6 Å². The van der Waals surface area contributed by atoms with Gasteiger partial charge < -0.3 is 9.88 Å². The molecule has 0 saturated heterocycles. The highest BCUT2D eigenvalue weighted by Crippen LogP contribution is 2.47. The lowest BCUT2D eigenvalue weighted by atomic mass is 10.1. The quantitative estimate of drug-likeness (QED) is 0.883. The Bertz CT molecular complexity index is 772. The molecule has 0 aliphatic heterocycles. The van der Waals surface area contributed by atoms with Crippen molar-refractivity contribution in [3.8, 4) is 0 Å². The second-order valence-corrected chi connectivity index (χ2v) is 6.55. The van der Waals surface area contributed by atoms with Crippen LogP contribution in [0, 0.1) is 17.6 Å². The van der Waals surface area contributed by atoms with E-state index in [1.807, 2.05) is 0 Å². The molecule has 1 aromatic carbocycles. The lowest BCUT2D eigenvalue weighted by Crippen LogP contribution is -2.28. The first-order chi connectivity index (χ1) is 11.6. The maximum Gasteiger partial charge on any atom is 0.223 e. The normalized spacial score (nSPS) is 22.4. The standard InChI is InChI=1S/C17H18F2N4O/c18-14-4-1-10(7-15(14)19)12-8-13(12)17(24)20-6-5-16-22-21-9-23(16)11-2-3-11/h1,4,7,9,11-13H,2-3,5-6,8H2,(H,20,24). The van der Waals surface area contributed by atoms with E-state index in [-0.39, 0.29) is 17.7 Å². The number of nitrogens with zero attached hydrogens (tertiary/aromatic N) is 3.